The van der Waals surface area contributed by atoms with Crippen molar-refractivity contribution in [3.05, 3.63) is 35.6 Å². The van der Waals surface area contributed by atoms with E-state index in [1.165, 1.54) is 6.07 Å². The highest BCUT2D eigenvalue weighted by Gasteiger charge is 2.08. The first-order valence-corrected chi connectivity index (χ1v) is 5.71. The van der Waals surface area contributed by atoms with Crippen LogP contribution in [0.1, 0.15) is 32.3 Å². The molecule has 0 saturated carbocycles. The molecule has 0 fully saturated rings. The molecule has 0 aliphatic rings. The number of halogens is 1. The lowest BCUT2D eigenvalue weighted by molar-refractivity contribution is 0.448. The fraction of sp³-hybridized carbons (Fsp3) is 0.538. The van der Waals surface area contributed by atoms with Gasteiger partial charge in [0.15, 0.2) is 0 Å². The summed E-state index contributed by atoms with van der Waals surface area (Å²) in [6.07, 6.45) is 2.03. The minimum atomic E-state index is -0.178. The van der Waals surface area contributed by atoms with Crippen LogP contribution in [0.2, 0.25) is 0 Å². The molecule has 0 saturated heterocycles. The Morgan fingerprint density at radius 3 is 2.75 bits per heavy atom. The van der Waals surface area contributed by atoms with Gasteiger partial charge in [-0.3, -0.25) is 0 Å². The molecule has 0 bridgehead atoms. The molecule has 0 radical (unpaired) electrons. The number of rotatable bonds is 6. The summed E-state index contributed by atoms with van der Waals surface area (Å²) in [7, 11) is 0. The summed E-state index contributed by atoms with van der Waals surface area (Å²) >= 11 is 0. The molecule has 3 heteroatoms. The van der Waals surface area contributed by atoms with Crippen LogP contribution in [-0.4, -0.2) is 12.1 Å². The Morgan fingerprint density at radius 1 is 1.38 bits per heavy atom. The van der Waals surface area contributed by atoms with Crippen LogP contribution < -0.4 is 11.1 Å². The Bertz CT molecular complexity index is 318. The van der Waals surface area contributed by atoms with Crippen molar-refractivity contribution >= 4 is 0 Å². The lowest BCUT2D eigenvalue weighted by atomic mass is 10.0. The highest BCUT2D eigenvalue weighted by atomic mass is 19.1. The second-order valence-corrected chi connectivity index (χ2v) is 4.90. The third-order valence-electron chi connectivity index (χ3n) is 2.39. The van der Waals surface area contributed by atoms with E-state index in [4.69, 9.17) is 5.73 Å². The van der Waals surface area contributed by atoms with E-state index >= 15 is 0 Å². The second-order valence-electron chi connectivity index (χ2n) is 4.90. The van der Waals surface area contributed by atoms with Crippen molar-refractivity contribution < 1.29 is 4.39 Å². The van der Waals surface area contributed by atoms with Gasteiger partial charge in [0.2, 0.25) is 0 Å². The third kappa shape index (κ3) is 5.83. The monoisotopic (exact) mass is 224 g/mol. The highest BCUT2D eigenvalue weighted by Crippen LogP contribution is 2.06. The largest absolute Gasteiger partial charge is 0.326 e. The summed E-state index contributed by atoms with van der Waals surface area (Å²) in [5.41, 5.74) is 6.75. The lowest BCUT2D eigenvalue weighted by Crippen LogP contribution is -2.32. The standard InChI is InChI=1S/C13H21FN2/c1-13(2,15)7-4-8-16-10-11-5-3-6-12(14)9-11/h3,5-6,9,16H,4,7-8,10,15H2,1-2H3. The predicted octanol–water partition coefficient (Wildman–Crippen LogP) is 2.43. The van der Waals surface area contributed by atoms with Crippen molar-refractivity contribution in [3.63, 3.8) is 0 Å². The fourth-order valence-corrected chi connectivity index (χ4v) is 1.55. The molecule has 0 aromatic heterocycles. The molecule has 1 aromatic rings. The van der Waals surface area contributed by atoms with Crippen molar-refractivity contribution in [2.75, 3.05) is 6.54 Å². The molecule has 0 aliphatic carbocycles. The van der Waals surface area contributed by atoms with Crippen LogP contribution in [-0.2, 0) is 6.54 Å². The van der Waals surface area contributed by atoms with Crippen molar-refractivity contribution in [1.29, 1.82) is 0 Å². The number of hydrogen-bond acceptors (Lipinski definition) is 2. The van der Waals surface area contributed by atoms with E-state index in [0.717, 1.165) is 24.9 Å². The Kier molecular flexibility index (Phi) is 4.90. The van der Waals surface area contributed by atoms with Gasteiger partial charge in [0.25, 0.3) is 0 Å². The summed E-state index contributed by atoms with van der Waals surface area (Å²) in [5, 5.41) is 3.28. The predicted molar refractivity (Wildman–Crippen MR) is 65.6 cm³/mol. The Labute approximate surface area is 97.0 Å². The van der Waals surface area contributed by atoms with Crippen LogP contribution in [0.15, 0.2) is 24.3 Å². The Balaban J connectivity index is 2.17. The van der Waals surface area contributed by atoms with Crippen LogP contribution >= 0.6 is 0 Å². The minimum absolute atomic E-state index is 0.0967. The van der Waals surface area contributed by atoms with E-state index in [2.05, 4.69) is 5.32 Å². The molecule has 0 heterocycles. The van der Waals surface area contributed by atoms with E-state index in [-0.39, 0.29) is 11.4 Å². The van der Waals surface area contributed by atoms with E-state index in [0.29, 0.717) is 6.54 Å². The zero-order chi connectivity index (χ0) is 12.0. The van der Waals surface area contributed by atoms with Crippen molar-refractivity contribution in [2.45, 2.75) is 38.8 Å². The lowest BCUT2D eigenvalue weighted by Gasteiger charge is -2.17. The summed E-state index contributed by atoms with van der Waals surface area (Å²) in [6, 6.07) is 6.67. The summed E-state index contributed by atoms with van der Waals surface area (Å²) in [4.78, 5) is 0. The van der Waals surface area contributed by atoms with Gasteiger partial charge in [-0.15, -0.1) is 0 Å². The molecule has 1 rings (SSSR count). The first-order chi connectivity index (χ1) is 7.47. The Morgan fingerprint density at radius 2 is 2.12 bits per heavy atom. The molecular weight excluding hydrogens is 203 g/mol. The van der Waals surface area contributed by atoms with Gasteiger partial charge in [-0.1, -0.05) is 12.1 Å². The van der Waals surface area contributed by atoms with Crippen LogP contribution in [0.3, 0.4) is 0 Å². The summed E-state index contributed by atoms with van der Waals surface area (Å²) in [6.45, 7) is 5.68. The highest BCUT2D eigenvalue weighted by molar-refractivity contribution is 5.15. The molecular formula is C13H21FN2. The van der Waals surface area contributed by atoms with Crippen LogP contribution in [0.25, 0.3) is 0 Å². The third-order valence-corrected chi connectivity index (χ3v) is 2.39. The minimum Gasteiger partial charge on any atom is -0.326 e. The van der Waals surface area contributed by atoms with Gasteiger partial charge in [0, 0.05) is 12.1 Å². The molecule has 1 aromatic carbocycles. The summed E-state index contributed by atoms with van der Waals surface area (Å²) in [5.74, 6) is -0.178. The van der Waals surface area contributed by atoms with Gasteiger partial charge >= 0.3 is 0 Å². The molecule has 0 amide bonds. The topological polar surface area (TPSA) is 38.0 Å². The molecule has 0 spiro atoms. The zero-order valence-corrected chi connectivity index (χ0v) is 10.1. The first kappa shape index (κ1) is 13.1. The van der Waals surface area contributed by atoms with Gasteiger partial charge in [-0.2, -0.15) is 0 Å². The quantitative estimate of drug-likeness (QED) is 0.728. The molecule has 0 unspecified atom stereocenters. The van der Waals surface area contributed by atoms with Crippen LogP contribution in [0.4, 0.5) is 4.39 Å². The number of benzene rings is 1. The average Bonchev–Trinajstić information content (AvgIpc) is 2.15. The number of nitrogens with one attached hydrogen (secondary N) is 1. The van der Waals surface area contributed by atoms with Crippen molar-refractivity contribution in [2.24, 2.45) is 5.73 Å². The SMILES string of the molecule is CC(C)(N)CCCNCc1cccc(F)c1. The maximum absolute atomic E-state index is 12.9. The van der Waals surface area contributed by atoms with Gasteiger partial charge in [-0.05, 0) is 50.9 Å². The van der Waals surface area contributed by atoms with E-state index in [1.807, 2.05) is 19.9 Å². The van der Waals surface area contributed by atoms with Gasteiger partial charge in [-0.25, -0.2) is 4.39 Å². The zero-order valence-electron chi connectivity index (χ0n) is 10.1. The van der Waals surface area contributed by atoms with Gasteiger partial charge < -0.3 is 11.1 Å². The van der Waals surface area contributed by atoms with E-state index in [1.54, 1.807) is 12.1 Å². The van der Waals surface area contributed by atoms with E-state index in [9.17, 15) is 4.39 Å². The van der Waals surface area contributed by atoms with Crippen molar-refractivity contribution in [3.8, 4) is 0 Å². The average molecular weight is 224 g/mol. The molecule has 3 N–H and O–H groups in total. The molecule has 90 valence electrons. The van der Waals surface area contributed by atoms with E-state index < -0.39 is 0 Å². The van der Waals surface area contributed by atoms with Gasteiger partial charge in [0.1, 0.15) is 5.82 Å². The molecule has 2 nitrogen and oxygen atoms in total. The second kappa shape index (κ2) is 5.97. The number of nitrogens with two attached hydrogens (primary N) is 1. The molecule has 16 heavy (non-hydrogen) atoms. The van der Waals surface area contributed by atoms with Crippen LogP contribution in [0.5, 0.6) is 0 Å². The smallest absolute Gasteiger partial charge is 0.123 e. The molecule has 0 aliphatic heterocycles. The number of hydrogen-bond donors (Lipinski definition) is 2. The first-order valence-electron chi connectivity index (χ1n) is 5.71. The summed E-state index contributed by atoms with van der Waals surface area (Å²) < 4.78 is 12.9. The normalized spacial score (nSPS) is 11.8. The van der Waals surface area contributed by atoms with Crippen molar-refractivity contribution in [1.82, 2.24) is 5.32 Å². The maximum Gasteiger partial charge on any atom is 0.123 e. The molecule has 0 atom stereocenters. The maximum atomic E-state index is 12.9. The van der Waals surface area contributed by atoms with Gasteiger partial charge in [0.05, 0.1) is 0 Å². The van der Waals surface area contributed by atoms with Crippen LogP contribution in [0, 0.1) is 5.82 Å². The fourth-order valence-electron chi connectivity index (χ4n) is 1.55. The Hall–Kier alpha value is -0.930.